The van der Waals surface area contributed by atoms with E-state index in [1.807, 2.05) is 0 Å². The lowest BCUT2D eigenvalue weighted by atomic mass is 9.78. The summed E-state index contributed by atoms with van der Waals surface area (Å²) in [5.74, 6) is 15.1. The number of fused-ring (bicyclic) bond motifs is 8. The van der Waals surface area contributed by atoms with Crippen LogP contribution in [0.4, 0.5) is 0 Å². The van der Waals surface area contributed by atoms with Gasteiger partial charge in [-0.3, -0.25) is 0 Å². The molecule has 0 spiro atoms. The van der Waals surface area contributed by atoms with Crippen LogP contribution in [0.2, 0.25) is 0 Å². The van der Waals surface area contributed by atoms with Crippen LogP contribution >= 0.6 is 0 Å². The fourth-order valence-electron chi connectivity index (χ4n) is 8.57. The lowest BCUT2D eigenvalue weighted by Crippen LogP contribution is -2.16. The number of benzene rings is 6. The SMILES string of the molecule is Cc1ccc(C#Cc2c3cc(C(C)(C)C)cc2Cc2cc(C(C)(C)C)cc(c2O)Cc2cc(C(C)(C)C)cc(c2C#Cc2ccc(C)cc2)Cc2cc(C(C)(C)C)cc(c2O)C3)cc1. The van der Waals surface area contributed by atoms with E-state index in [0.717, 1.165) is 66.8 Å². The van der Waals surface area contributed by atoms with Gasteiger partial charge in [0.2, 0.25) is 0 Å². The van der Waals surface area contributed by atoms with Crippen molar-refractivity contribution in [3.63, 3.8) is 0 Å². The highest BCUT2D eigenvalue weighted by Crippen LogP contribution is 2.41. The van der Waals surface area contributed by atoms with E-state index >= 15 is 0 Å². The molecule has 2 nitrogen and oxygen atoms in total. The number of aryl methyl sites for hydroxylation is 2. The molecule has 2 N–H and O–H groups in total. The van der Waals surface area contributed by atoms with E-state index in [0.29, 0.717) is 37.2 Å². The number of phenols is 2. The van der Waals surface area contributed by atoms with Crippen LogP contribution in [0.15, 0.2) is 97.1 Å². The van der Waals surface area contributed by atoms with Crippen LogP contribution in [0.25, 0.3) is 0 Å². The van der Waals surface area contributed by atoms with Crippen molar-refractivity contribution in [1.29, 1.82) is 0 Å². The van der Waals surface area contributed by atoms with Gasteiger partial charge in [-0.05, 0) is 127 Å². The maximum atomic E-state index is 12.7. The van der Waals surface area contributed by atoms with Crippen LogP contribution in [-0.2, 0) is 47.3 Å². The minimum atomic E-state index is -0.179. The normalized spacial score (nSPS) is 13.1. The molecule has 328 valence electrons. The molecule has 0 unspecified atom stereocenters. The third-order valence-electron chi connectivity index (χ3n) is 12.9. The smallest absolute Gasteiger partial charge is 0.122 e. The van der Waals surface area contributed by atoms with Crippen molar-refractivity contribution < 1.29 is 10.2 Å². The average molecular weight is 845 g/mol. The second-order valence-corrected chi connectivity index (χ2v) is 22.6. The van der Waals surface area contributed by atoms with Gasteiger partial charge in [-0.1, -0.05) is 191 Å². The molecule has 7 rings (SSSR count). The van der Waals surface area contributed by atoms with Crippen molar-refractivity contribution in [2.75, 3.05) is 0 Å². The van der Waals surface area contributed by atoms with Gasteiger partial charge in [-0.15, -0.1) is 0 Å². The molecule has 2 heteroatoms. The van der Waals surface area contributed by atoms with Gasteiger partial charge in [0.15, 0.2) is 0 Å². The zero-order valence-electron chi connectivity index (χ0n) is 41.0. The fourth-order valence-corrected chi connectivity index (χ4v) is 8.57. The molecule has 0 aromatic heterocycles. The van der Waals surface area contributed by atoms with E-state index in [1.54, 1.807) is 0 Å². The van der Waals surface area contributed by atoms with Gasteiger partial charge >= 0.3 is 0 Å². The molecule has 0 heterocycles. The molecule has 0 saturated heterocycles. The van der Waals surface area contributed by atoms with Crippen LogP contribution in [-0.4, -0.2) is 10.2 Å². The first-order valence-electron chi connectivity index (χ1n) is 23.0. The number of hydrogen-bond donors (Lipinski definition) is 2. The molecule has 0 amide bonds. The van der Waals surface area contributed by atoms with Gasteiger partial charge in [0, 0.05) is 47.9 Å². The van der Waals surface area contributed by atoms with E-state index in [9.17, 15) is 10.2 Å². The maximum absolute atomic E-state index is 12.7. The van der Waals surface area contributed by atoms with Crippen LogP contribution in [0, 0.1) is 37.5 Å². The Kier molecular flexibility index (Phi) is 12.4. The summed E-state index contributed by atoms with van der Waals surface area (Å²) in [5.41, 5.74) is 18.0. The largest absolute Gasteiger partial charge is 0.507 e. The highest BCUT2D eigenvalue weighted by Gasteiger charge is 2.27. The predicted molar refractivity (Wildman–Crippen MR) is 269 cm³/mol. The Balaban J connectivity index is 1.61. The van der Waals surface area contributed by atoms with Crippen molar-refractivity contribution in [3.8, 4) is 35.2 Å². The van der Waals surface area contributed by atoms with Crippen LogP contribution in [0.1, 0.15) is 183 Å². The van der Waals surface area contributed by atoms with Crippen LogP contribution in [0.3, 0.4) is 0 Å². The summed E-state index contributed by atoms with van der Waals surface area (Å²) in [6, 6.07) is 34.8. The molecular formula is C62H68O2. The Morgan fingerprint density at radius 1 is 0.328 bits per heavy atom. The first-order chi connectivity index (χ1) is 29.8. The zero-order chi connectivity index (χ0) is 46.5. The maximum Gasteiger partial charge on any atom is 0.122 e. The van der Waals surface area contributed by atoms with Crippen molar-refractivity contribution >= 4 is 0 Å². The standard InChI is InChI=1S/C62H68O2/c1-39-15-19-41(20-16-39)23-25-55-43-27-47-35-53(61(9,10)11)37-49(57(47)63)29-45-33-52(60(6,7)8)34-46(56(45)26-24-42-21-17-40(2)18-22-42)30-50-38-54(62(12,13)14)36-48(58(50)64)28-44(55)32-51(31-43)59(3,4)5/h15-22,31-38,63-64H,27-30H2,1-14H3. The molecule has 1 aliphatic carbocycles. The van der Waals surface area contributed by atoms with Gasteiger partial charge in [0.05, 0.1) is 0 Å². The molecule has 0 saturated carbocycles. The number of phenolic OH excluding ortho intramolecular Hbond substituents is 2. The van der Waals surface area contributed by atoms with Gasteiger partial charge in [0.25, 0.3) is 0 Å². The Morgan fingerprint density at radius 2 is 0.547 bits per heavy atom. The van der Waals surface area contributed by atoms with Crippen molar-refractivity contribution in [1.82, 2.24) is 0 Å². The number of rotatable bonds is 0. The van der Waals surface area contributed by atoms with Crippen LogP contribution < -0.4 is 0 Å². The van der Waals surface area contributed by atoms with Gasteiger partial charge in [-0.2, -0.15) is 0 Å². The summed E-state index contributed by atoms with van der Waals surface area (Å²) in [6.45, 7) is 31.2. The summed E-state index contributed by atoms with van der Waals surface area (Å²) in [5, 5.41) is 25.3. The number of hydrogen-bond acceptors (Lipinski definition) is 2. The summed E-state index contributed by atoms with van der Waals surface area (Å²) >= 11 is 0. The monoisotopic (exact) mass is 845 g/mol. The van der Waals surface area contributed by atoms with Crippen molar-refractivity contribution in [2.24, 2.45) is 0 Å². The number of aromatic hydroxyl groups is 2. The summed E-state index contributed by atoms with van der Waals surface area (Å²) in [4.78, 5) is 0. The highest BCUT2D eigenvalue weighted by atomic mass is 16.3. The third kappa shape index (κ3) is 10.4. The lowest BCUT2D eigenvalue weighted by Gasteiger charge is -2.27. The van der Waals surface area contributed by atoms with Crippen molar-refractivity contribution in [2.45, 2.75) is 144 Å². The molecule has 6 aromatic rings. The molecular weight excluding hydrogens is 777 g/mol. The topological polar surface area (TPSA) is 40.5 Å². The second-order valence-electron chi connectivity index (χ2n) is 22.6. The van der Waals surface area contributed by atoms with Gasteiger partial charge in [0.1, 0.15) is 11.5 Å². The molecule has 64 heavy (non-hydrogen) atoms. The molecule has 0 atom stereocenters. The lowest BCUT2D eigenvalue weighted by molar-refractivity contribution is 0.461. The molecule has 0 fully saturated rings. The Hall–Kier alpha value is -5.96. The third-order valence-corrected chi connectivity index (χ3v) is 12.9. The first kappa shape index (κ1) is 46.0. The quantitative estimate of drug-likeness (QED) is 0.149. The van der Waals surface area contributed by atoms with E-state index < -0.39 is 0 Å². The average Bonchev–Trinajstić information content (AvgIpc) is 3.19. The van der Waals surface area contributed by atoms with E-state index in [2.05, 4.69) is 218 Å². The Labute approximate surface area is 385 Å². The molecule has 8 bridgehead atoms. The second kappa shape index (κ2) is 17.2. The summed E-state index contributed by atoms with van der Waals surface area (Å²) in [6.07, 6.45) is 1.96. The predicted octanol–water partition coefficient (Wildman–Crippen LogP) is 14.4. The summed E-state index contributed by atoms with van der Waals surface area (Å²) < 4.78 is 0. The summed E-state index contributed by atoms with van der Waals surface area (Å²) in [7, 11) is 0. The highest BCUT2D eigenvalue weighted by molar-refractivity contribution is 5.62. The minimum absolute atomic E-state index is 0.169. The molecule has 1 aliphatic rings. The zero-order valence-corrected chi connectivity index (χ0v) is 41.0. The molecule has 0 aliphatic heterocycles. The molecule has 0 radical (unpaired) electrons. The van der Waals surface area contributed by atoms with E-state index in [-0.39, 0.29) is 21.7 Å². The van der Waals surface area contributed by atoms with E-state index in [1.165, 1.54) is 33.4 Å². The fraction of sp³-hybridized carbons (Fsp3) is 0.355. The Morgan fingerprint density at radius 3 is 0.766 bits per heavy atom. The van der Waals surface area contributed by atoms with Gasteiger partial charge in [-0.25, -0.2) is 0 Å². The minimum Gasteiger partial charge on any atom is -0.507 e. The first-order valence-corrected chi connectivity index (χ1v) is 23.0. The molecule has 6 aromatic carbocycles. The van der Waals surface area contributed by atoms with E-state index in [4.69, 9.17) is 0 Å². The van der Waals surface area contributed by atoms with Crippen molar-refractivity contribution in [3.05, 3.63) is 197 Å². The Bertz CT molecular complexity index is 2570. The van der Waals surface area contributed by atoms with Crippen LogP contribution in [0.5, 0.6) is 11.5 Å². The van der Waals surface area contributed by atoms with Gasteiger partial charge < -0.3 is 10.2 Å².